The molecule has 1 aliphatic carbocycles. The van der Waals surface area contributed by atoms with E-state index < -0.39 is 0 Å². The normalized spacial score (nSPS) is 24.2. The molecular formula is C18H26N2O. The van der Waals surface area contributed by atoms with E-state index in [2.05, 4.69) is 36.5 Å². The summed E-state index contributed by atoms with van der Waals surface area (Å²) in [5.74, 6) is 0.608. The van der Waals surface area contributed by atoms with Crippen molar-refractivity contribution in [2.24, 2.45) is 5.92 Å². The first-order valence-electron chi connectivity index (χ1n) is 8.38. The minimum atomic E-state index is 0.128. The predicted octanol–water partition coefficient (Wildman–Crippen LogP) is 4.11. The first-order chi connectivity index (χ1) is 10.3. The van der Waals surface area contributed by atoms with E-state index >= 15 is 0 Å². The lowest BCUT2D eigenvalue weighted by molar-refractivity contribution is 0.144. The Hall–Kier alpha value is -1.51. The third-order valence-electron chi connectivity index (χ3n) is 5.12. The summed E-state index contributed by atoms with van der Waals surface area (Å²) in [5, 5.41) is 3.32. The molecule has 2 fully saturated rings. The highest BCUT2D eigenvalue weighted by Gasteiger charge is 2.32. The molecule has 1 heterocycles. The second kappa shape index (κ2) is 6.50. The Bertz CT molecular complexity index is 469. The van der Waals surface area contributed by atoms with Crippen molar-refractivity contribution in [1.82, 2.24) is 10.2 Å². The maximum atomic E-state index is 12.7. The van der Waals surface area contributed by atoms with Crippen LogP contribution in [-0.4, -0.2) is 23.5 Å². The van der Waals surface area contributed by atoms with Crippen molar-refractivity contribution in [3.63, 3.8) is 0 Å². The van der Waals surface area contributed by atoms with Crippen molar-refractivity contribution in [1.29, 1.82) is 0 Å². The lowest BCUT2D eigenvalue weighted by Crippen LogP contribution is -2.49. The highest BCUT2D eigenvalue weighted by molar-refractivity contribution is 5.75. The highest BCUT2D eigenvalue weighted by Crippen LogP contribution is 2.37. The first kappa shape index (κ1) is 14.4. The fraction of sp³-hybridized carbons (Fsp3) is 0.611. The van der Waals surface area contributed by atoms with Gasteiger partial charge in [-0.25, -0.2) is 4.79 Å². The van der Waals surface area contributed by atoms with Gasteiger partial charge in [0, 0.05) is 12.6 Å². The molecule has 1 N–H and O–H groups in total. The van der Waals surface area contributed by atoms with Crippen molar-refractivity contribution in [2.45, 2.75) is 57.5 Å². The molecule has 2 atom stereocenters. The number of rotatable bonds is 3. The predicted molar refractivity (Wildman–Crippen MR) is 85.1 cm³/mol. The number of hydrogen-bond donors (Lipinski definition) is 1. The van der Waals surface area contributed by atoms with E-state index in [9.17, 15) is 4.79 Å². The van der Waals surface area contributed by atoms with Gasteiger partial charge in [0.2, 0.25) is 0 Å². The van der Waals surface area contributed by atoms with Crippen LogP contribution in [0.15, 0.2) is 30.3 Å². The van der Waals surface area contributed by atoms with Gasteiger partial charge in [-0.15, -0.1) is 0 Å². The van der Waals surface area contributed by atoms with Crippen molar-refractivity contribution >= 4 is 6.03 Å². The summed E-state index contributed by atoms with van der Waals surface area (Å²) in [6.45, 7) is 3.07. The SMILES string of the molecule is CC1CCCCN1C(=O)NC(c1ccccc1)C1CCC1. The van der Waals surface area contributed by atoms with Gasteiger partial charge in [-0.3, -0.25) is 0 Å². The van der Waals surface area contributed by atoms with Gasteiger partial charge in [-0.2, -0.15) is 0 Å². The lowest BCUT2D eigenvalue weighted by Gasteiger charge is -2.38. The molecule has 3 rings (SSSR count). The number of piperidine rings is 1. The van der Waals surface area contributed by atoms with Gasteiger partial charge in [-0.05, 0) is 50.5 Å². The number of urea groups is 1. The summed E-state index contributed by atoms with van der Waals surface area (Å²) in [6, 6.07) is 11.1. The van der Waals surface area contributed by atoms with Crippen LogP contribution in [0.5, 0.6) is 0 Å². The molecule has 0 radical (unpaired) electrons. The summed E-state index contributed by atoms with van der Waals surface area (Å²) in [7, 11) is 0. The molecule has 1 aliphatic heterocycles. The Morgan fingerprint density at radius 1 is 1.14 bits per heavy atom. The van der Waals surface area contributed by atoms with Crippen molar-refractivity contribution in [2.75, 3.05) is 6.54 Å². The third-order valence-corrected chi connectivity index (χ3v) is 5.12. The highest BCUT2D eigenvalue weighted by atomic mass is 16.2. The zero-order valence-corrected chi connectivity index (χ0v) is 12.9. The fourth-order valence-corrected chi connectivity index (χ4v) is 3.52. The Morgan fingerprint density at radius 2 is 1.90 bits per heavy atom. The minimum Gasteiger partial charge on any atom is -0.331 e. The summed E-state index contributed by atoms with van der Waals surface area (Å²) in [5.41, 5.74) is 1.25. The van der Waals surface area contributed by atoms with E-state index in [1.54, 1.807) is 0 Å². The Balaban J connectivity index is 1.70. The number of likely N-dealkylation sites (tertiary alicyclic amines) is 1. The minimum absolute atomic E-state index is 0.128. The number of nitrogens with zero attached hydrogens (tertiary/aromatic N) is 1. The lowest BCUT2D eigenvalue weighted by atomic mass is 9.77. The molecule has 1 aromatic carbocycles. The molecule has 21 heavy (non-hydrogen) atoms. The van der Waals surface area contributed by atoms with Gasteiger partial charge in [0.1, 0.15) is 0 Å². The molecule has 0 spiro atoms. The molecule has 3 heteroatoms. The van der Waals surface area contributed by atoms with Crippen molar-refractivity contribution in [3.05, 3.63) is 35.9 Å². The number of carbonyl (C=O) groups is 1. The molecule has 3 nitrogen and oxygen atoms in total. The zero-order chi connectivity index (χ0) is 14.7. The van der Waals surface area contributed by atoms with Gasteiger partial charge in [0.05, 0.1) is 6.04 Å². The maximum Gasteiger partial charge on any atom is 0.318 e. The molecule has 1 saturated heterocycles. The van der Waals surface area contributed by atoms with E-state index in [0.29, 0.717) is 12.0 Å². The first-order valence-corrected chi connectivity index (χ1v) is 8.38. The Labute approximate surface area is 127 Å². The van der Waals surface area contributed by atoms with Crippen molar-refractivity contribution in [3.8, 4) is 0 Å². The zero-order valence-electron chi connectivity index (χ0n) is 12.9. The maximum absolute atomic E-state index is 12.7. The van der Waals surface area contributed by atoms with Crippen LogP contribution >= 0.6 is 0 Å². The van der Waals surface area contributed by atoms with E-state index in [1.807, 2.05) is 11.0 Å². The monoisotopic (exact) mass is 286 g/mol. The van der Waals surface area contributed by atoms with Crippen LogP contribution in [0.1, 0.15) is 57.1 Å². The summed E-state index contributed by atoms with van der Waals surface area (Å²) < 4.78 is 0. The van der Waals surface area contributed by atoms with Crippen LogP contribution in [0.25, 0.3) is 0 Å². The van der Waals surface area contributed by atoms with Gasteiger partial charge < -0.3 is 10.2 Å². The smallest absolute Gasteiger partial charge is 0.318 e. The van der Waals surface area contributed by atoms with Crippen molar-refractivity contribution < 1.29 is 4.79 Å². The van der Waals surface area contributed by atoms with Crippen LogP contribution in [0.2, 0.25) is 0 Å². The summed E-state index contributed by atoms with van der Waals surface area (Å²) in [6.07, 6.45) is 7.27. The number of amides is 2. The van der Waals surface area contributed by atoms with E-state index in [4.69, 9.17) is 0 Å². The van der Waals surface area contributed by atoms with Gasteiger partial charge >= 0.3 is 6.03 Å². The average molecular weight is 286 g/mol. The molecule has 114 valence electrons. The number of hydrogen-bond acceptors (Lipinski definition) is 1. The largest absolute Gasteiger partial charge is 0.331 e. The number of nitrogens with one attached hydrogen (secondary N) is 1. The quantitative estimate of drug-likeness (QED) is 0.891. The van der Waals surface area contributed by atoms with Crippen LogP contribution in [0.3, 0.4) is 0 Å². The second-order valence-electron chi connectivity index (χ2n) is 6.57. The summed E-state index contributed by atoms with van der Waals surface area (Å²) in [4.78, 5) is 14.7. The number of carbonyl (C=O) groups excluding carboxylic acids is 1. The van der Waals surface area contributed by atoms with Gasteiger partial charge in [0.15, 0.2) is 0 Å². The molecule has 1 aromatic rings. The van der Waals surface area contributed by atoms with Gasteiger partial charge in [-0.1, -0.05) is 36.8 Å². The topological polar surface area (TPSA) is 32.3 Å². The van der Waals surface area contributed by atoms with E-state index in [1.165, 1.54) is 31.2 Å². The second-order valence-corrected chi connectivity index (χ2v) is 6.57. The van der Waals surface area contributed by atoms with Crippen LogP contribution in [0, 0.1) is 5.92 Å². The molecule has 0 aromatic heterocycles. The molecule has 2 amide bonds. The standard InChI is InChI=1S/C18H26N2O/c1-14-8-5-6-13-20(14)18(21)19-17(16-11-7-12-16)15-9-3-2-4-10-15/h2-4,9-10,14,16-17H,5-8,11-13H2,1H3,(H,19,21). The molecule has 1 saturated carbocycles. The Morgan fingerprint density at radius 3 is 2.52 bits per heavy atom. The van der Waals surface area contributed by atoms with E-state index in [0.717, 1.165) is 19.4 Å². The third kappa shape index (κ3) is 3.22. The fourth-order valence-electron chi connectivity index (χ4n) is 3.52. The van der Waals surface area contributed by atoms with E-state index in [-0.39, 0.29) is 12.1 Å². The van der Waals surface area contributed by atoms with Crippen LogP contribution in [0.4, 0.5) is 4.79 Å². The number of benzene rings is 1. The average Bonchev–Trinajstić information content (AvgIpc) is 2.46. The van der Waals surface area contributed by atoms with Crippen LogP contribution in [-0.2, 0) is 0 Å². The molecule has 2 aliphatic rings. The Kier molecular flexibility index (Phi) is 4.47. The summed E-state index contributed by atoms with van der Waals surface area (Å²) >= 11 is 0. The molecular weight excluding hydrogens is 260 g/mol. The molecule has 0 bridgehead atoms. The van der Waals surface area contributed by atoms with Gasteiger partial charge in [0.25, 0.3) is 0 Å². The van der Waals surface area contributed by atoms with Crippen LogP contribution < -0.4 is 5.32 Å². The molecule has 2 unspecified atom stereocenters.